The fourth-order valence-corrected chi connectivity index (χ4v) is 4.23. The lowest BCUT2D eigenvalue weighted by molar-refractivity contribution is -0.121. The maximum atomic E-state index is 12.5. The fraction of sp³-hybridized carbons (Fsp3) is 0.409. The molecule has 1 amide bonds. The lowest BCUT2D eigenvalue weighted by atomic mass is 9.99. The van der Waals surface area contributed by atoms with E-state index in [4.69, 9.17) is 4.74 Å². The van der Waals surface area contributed by atoms with Gasteiger partial charge >= 0.3 is 0 Å². The predicted octanol–water partition coefficient (Wildman–Crippen LogP) is 3.82. The largest absolute Gasteiger partial charge is 0.497 e. The van der Waals surface area contributed by atoms with Crippen LogP contribution in [0.5, 0.6) is 5.75 Å². The zero-order valence-corrected chi connectivity index (χ0v) is 18.3. The van der Waals surface area contributed by atoms with Gasteiger partial charge in [0, 0.05) is 13.0 Å². The van der Waals surface area contributed by atoms with Crippen molar-refractivity contribution in [2.75, 3.05) is 24.2 Å². The van der Waals surface area contributed by atoms with Crippen molar-refractivity contribution >= 4 is 21.6 Å². The first-order valence-corrected chi connectivity index (χ1v) is 11.6. The van der Waals surface area contributed by atoms with Crippen LogP contribution in [-0.4, -0.2) is 34.2 Å². The molecule has 0 saturated carbocycles. The molecule has 0 heterocycles. The minimum absolute atomic E-state index is 0.0451. The minimum atomic E-state index is -3.45. The molecular weight excluding hydrogens is 388 g/mol. The van der Waals surface area contributed by atoms with E-state index in [-0.39, 0.29) is 24.9 Å². The summed E-state index contributed by atoms with van der Waals surface area (Å²) in [7, 11) is -1.89. The number of sulfonamides is 1. The molecule has 0 aliphatic carbocycles. The second-order valence-corrected chi connectivity index (χ2v) is 8.93. The standard InChI is InChI=1S/C22H30N2O4S/c1-5-21(20-10-7-6-9-17(20)2)23-22(25)11-8-16-24(29(4,26)27)18-12-14-19(28-3)15-13-18/h6-7,9-10,12-15,21H,5,8,11,16H2,1-4H3,(H,23,25). The van der Waals surface area contributed by atoms with Crippen LogP contribution in [0.2, 0.25) is 0 Å². The smallest absolute Gasteiger partial charge is 0.232 e. The van der Waals surface area contributed by atoms with E-state index in [0.717, 1.165) is 17.5 Å². The van der Waals surface area contributed by atoms with E-state index in [0.29, 0.717) is 17.9 Å². The molecule has 0 aliphatic heterocycles. The summed E-state index contributed by atoms with van der Waals surface area (Å²) in [6, 6.07) is 14.8. The third kappa shape index (κ3) is 6.49. The van der Waals surface area contributed by atoms with Crippen LogP contribution in [0.3, 0.4) is 0 Å². The summed E-state index contributed by atoms with van der Waals surface area (Å²) in [5, 5.41) is 3.07. The number of nitrogens with zero attached hydrogens (tertiary/aromatic N) is 1. The summed E-state index contributed by atoms with van der Waals surface area (Å²) in [4.78, 5) is 12.5. The summed E-state index contributed by atoms with van der Waals surface area (Å²) in [6.07, 6.45) is 2.64. The Morgan fingerprint density at radius 2 is 1.79 bits per heavy atom. The molecule has 1 atom stereocenters. The quantitative estimate of drug-likeness (QED) is 0.636. The molecule has 2 aromatic carbocycles. The Hall–Kier alpha value is -2.54. The Labute approximate surface area is 173 Å². The van der Waals surface area contributed by atoms with Gasteiger partial charge in [0.15, 0.2) is 0 Å². The van der Waals surface area contributed by atoms with Crippen molar-refractivity contribution < 1.29 is 17.9 Å². The van der Waals surface area contributed by atoms with Gasteiger partial charge in [-0.2, -0.15) is 0 Å². The number of hydrogen-bond acceptors (Lipinski definition) is 4. The number of hydrogen-bond donors (Lipinski definition) is 1. The highest BCUT2D eigenvalue weighted by molar-refractivity contribution is 7.92. The van der Waals surface area contributed by atoms with E-state index in [2.05, 4.69) is 5.32 Å². The Balaban J connectivity index is 1.97. The lowest BCUT2D eigenvalue weighted by Gasteiger charge is -2.23. The first kappa shape index (κ1) is 22.7. The van der Waals surface area contributed by atoms with Crippen molar-refractivity contribution in [2.45, 2.75) is 39.2 Å². The maximum Gasteiger partial charge on any atom is 0.232 e. The van der Waals surface area contributed by atoms with Gasteiger partial charge in [-0.1, -0.05) is 31.2 Å². The molecule has 1 N–H and O–H groups in total. The van der Waals surface area contributed by atoms with E-state index in [9.17, 15) is 13.2 Å². The second kappa shape index (κ2) is 10.3. The van der Waals surface area contributed by atoms with E-state index in [1.165, 1.54) is 10.6 Å². The van der Waals surface area contributed by atoms with Crippen LogP contribution in [0.25, 0.3) is 0 Å². The molecule has 0 aliphatic rings. The third-order valence-corrected chi connectivity index (χ3v) is 6.03. The molecule has 6 nitrogen and oxygen atoms in total. The van der Waals surface area contributed by atoms with Gasteiger partial charge < -0.3 is 10.1 Å². The molecule has 0 radical (unpaired) electrons. The number of anilines is 1. The summed E-state index contributed by atoms with van der Waals surface area (Å²) >= 11 is 0. The molecule has 1 unspecified atom stereocenters. The van der Waals surface area contributed by atoms with E-state index < -0.39 is 10.0 Å². The van der Waals surface area contributed by atoms with Crippen LogP contribution in [0.1, 0.15) is 43.4 Å². The SMILES string of the molecule is CCC(NC(=O)CCCN(c1ccc(OC)cc1)S(C)(=O)=O)c1ccccc1C. The Kier molecular flexibility index (Phi) is 8.08. The molecule has 0 aromatic heterocycles. The highest BCUT2D eigenvalue weighted by Gasteiger charge is 2.19. The molecule has 7 heteroatoms. The first-order valence-electron chi connectivity index (χ1n) is 9.73. The fourth-order valence-electron chi connectivity index (χ4n) is 3.26. The van der Waals surface area contributed by atoms with Gasteiger partial charge in [-0.05, 0) is 55.2 Å². The van der Waals surface area contributed by atoms with Crippen LogP contribution in [0.4, 0.5) is 5.69 Å². The number of carbonyl (C=O) groups is 1. The summed E-state index contributed by atoms with van der Waals surface area (Å²) < 4.78 is 30.8. The van der Waals surface area contributed by atoms with Crippen LogP contribution >= 0.6 is 0 Å². The van der Waals surface area contributed by atoms with Crippen LogP contribution in [0.15, 0.2) is 48.5 Å². The number of benzene rings is 2. The summed E-state index contributed by atoms with van der Waals surface area (Å²) in [5.41, 5.74) is 2.81. The summed E-state index contributed by atoms with van der Waals surface area (Å²) in [5.74, 6) is 0.576. The van der Waals surface area contributed by atoms with E-state index >= 15 is 0 Å². The molecule has 2 aromatic rings. The molecule has 0 saturated heterocycles. The van der Waals surface area contributed by atoms with Gasteiger partial charge in [-0.15, -0.1) is 0 Å². The number of rotatable bonds is 10. The molecular formula is C22H30N2O4S. The number of nitrogens with one attached hydrogen (secondary N) is 1. The van der Waals surface area contributed by atoms with Gasteiger partial charge in [0.05, 0.1) is 25.1 Å². The number of amides is 1. The molecule has 2 rings (SSSR count). The zero-order chi connectivity index (χ0) is 21.4. The van der Waals surface area contributed by atoms with Gasteiger partial charge in [-0.3, -0.25) is 9.10 Å². The Morgan fingerprint density at radius 1 is 1.14 bits per heavy atom. The monoisotopic (exact) mass is 418 g/mol. The summed E-state index contributed by atoms with van der Waals surface area (Å²) in [6.45, 7) is 4.30. The molecule has 29 heavy (non-hydrogen) atoms. The molecule has 0 bridgehead atoms. The first-order chi connectivity index (χ1) is 13.8. The highest BCUT2D eigenvalue weighted by Crippen LogP contribution is 2.23. The van der Waals surface area contributed by atoms with Crippen molar-refractivity contribution in [3.8, 4) is 5.75 Å². The number of ether oxygens (including phenoxy) is 1. The molecule has 0 spiro atoms. The Bertz CT molecular complexity index is 911. The maximum absolute atomic E-state index is 12.5. The van der Waals surface area contributed by atoms with Crippen molar-refractivity contribution in [3.63, 3.8) is 0 Å². The lowest BCUT2D eigenvalue weighted by Crippen LogP contribution is -2.33. The van der Waals surface area contributed by atoms with Crippen LogP contribution in [0, 0.1) is 6.92 Å². The molecule has 0 fully saturated rings. The van der Waals surface area contributed by atoms with Crippen molar-refractivity contribution in [3.05, 3.63) is 59.7 Å². The highest BCUT2D eigenvalue weighted by atomic mass is 32.2. The van der Waals surface area contributed by atoms with E-state index in [1.54, 1.807) is 31.4 Å². The topological polar surface area (TPSA) is 75.7 Å². The molecule has 158 valence electrons. The van der Waals surface area contributed by atoms with Gasteiger partial charge in [0.1, 0.15) is 5.75 Å². The second-order valence-electron chi connectivity index (χ2n) is 7.02. The predicted molar refractivity (Wildman–Crippen MR) is 117 cm³/mol. The van der Waals surface area contributed by atoms with Crippen LogP contribution in [-0.2, 0) is 14.8 Å². The average Bonchev–Trinajstić information content (AvgIpc) is 2.69. The number of aryl methyl sites for hydroxylation is 1. The van der Waals surface area contributed by atoms with Gasteiger partial charge in [0.25, 0.3) is 0 Å². The van der Waals surface area contributed by atoms with Gasteiger partial charge in [-0.25, -0.2) is 8.42 Å². The van der Waals surface area contributed by atoms with Crippen molar-refractivity contribution in [2.24, 2.45) is 0 Å². The third-order valence-electron chi connectivity index (χ3n) is 4.83. The average molecular weight is 419 g/mol. The minimum Gasteiger partial charge on any atom is -0.497 e. The van der Waals surface area contributed by atoms with Gasteiger partial charge in [0.2, 0.25) is 15.9 Å². The van der Waals surface area contributed by atoms with E-state index in [1.807, 2.05) is 38.1 Å². The van der Waals surface area contributed by atoms with Crippen LogP contribution < -0.4 is 14.4 Å². The Morgan fingerprint density at radius 3 is 2.34 bits per heavy atom. The number of methoxy groups -OCH3 is 1. The number of carbonyl (C=O) groups excluding carboxylic acids is 1. The van der Waals surface area contributed by atoms with Crippen molar-refractivity contribution in [1.29, 1.82) is 0 Å². The zero-order valence-electron chi connectivity index (χ0n) is 17.5. The normalized spacial score (nSPS) is 12.3. The van der Waals surface area contributed by atoms with Crippen molar-refractivity contribution in [1.82, 2.24) is 5.32 Å².